The van der Waals surface area contributed by atoms with E-state index in [-0.39, 0.29) is 11.6 Å². The highest BCUT2D eigenvalue weighted by Crippen LogP contribution is 2.20. The Morgan fingerprint density at radius 1 is 1.20 bits per heavy atom. The molecule has 0 spiro atoms. The number of aromatic amines is 1. The molecule has 0 aliphatic carbocycles. The quantitative estimate of drug-likeness (QED) is 0.594. The van der Waals surface area contributed by atoms with Crippen molar-refractivity contribution in [2.45, 2.75) is 25.8 Å². The maximum absolute atomic E-state index is 13.9. The van der Waals surface area contributed by atoms with Crippen LogP contribution in [0.15, 0.2) is 36.5 Å². The molecule has 10 heteroatoms. The third kappa shape index (κ3) is 4.37. The SMILES string of the molecule is Cc1cc(Nc2ccnc(NC3CCN(C(=O)c4cccc(F)c4F)CC3)n2)n[nH]1. The molecule has 0 radical (unpaired) electrons. The van der Waals surface area contributed by atoms with Crippen molar-refractivity contribution >= 4 is 23.5 Å². The second-order valence-corrected chi connectivity index (χ2v) is 7.14. The zero-order chi connectivity index (χ0) is 21.1. The molecule has 0 saturated carbocycles. The molecule has 0 bridgehead atoms. The molecule has 4 rings (SSSR count). The molecule has 3 heterocycles. The summed E-state index contributed by atoms with van der Waals surface area (Å²) in [4.78, 5) is 22.7. The van der Waals surface area contributed by atoms with Crippen LogP contribution < -0.4 is 10.6 Å². The summed E-state index contributed by atoms with van der Waals surface area (Å²) in [6.07, 6.45) is 2.92. The van der Waals surface area contributed by atoms with Crippen LogP contribution in [0.5, 0.6) is 0 Å². The van der Waals surface area contributed by atoms with Crippen molar-refractivity contribution in [1.82, 2.24) is 25.1 Å². The minimum atomic E-state index is -1.10. The third-order valence-electron chi connectivity index (χ3n) is 4.92. The van der Waals surface area contributed by atoms with E-state index in [9.17, 15) is 13.6 Å². The predicted molar refractivity (Wildman–Crippen MR) is 108 cm³/mol. The maximum atomic E-state index is 13.9. The molecule has 3 aromatic rings. The Hall–Kier alpha value is -3.56. The van der Waals surface area contributed by atoms with Crippen LogP contribution in [0.4, 0.5) is 26.4 Å². The number of nitrogens with zero attached hydrogens (tertiary/aromatic N) is 4. The minimum absolute atomic E-state index is 0.0642. The Morgan fingerprint density at radius 3 is 2.73 bits per heavy atom. The lowest BCUT2D eigenvalue weighted by molar-refractivity contribution is 0.0712. The minimum Gasteiger partial charge on any atom is -0.351 e. The van der Waals surface area contributed by atoms with E-state index in [1.54, 1.807) is 12.3 Å². The topological polar surface area (TPSA) is 98.8 Å². The van der Waals surface area contributed by atoms with E-state index < -0.39 is 17.5 Å². The standard InChI is InChI=1S/C20H21F2N7O/c1-12-11-17(28-27-12)25-16-5-8-23-20(26-16)24-13-6-9-29(10-7-13)19(30)14-3-2-4-15(21)18(14)22/h2-5,8,11,13H,6-7,9-10H2,1H3,(H3,23,24,25,26,27,28). The van der Waals surface area contributed by atoms with Gasteiger partial charge in [0.15, 0.2) is 17.5 Å². The number of rotatable bonds is 5. The zero-order valence-corrected chi connectivity index (χ0v) is 16.3. The normalized spacial score (nSPS) is 14.6. The fourth-order valence-corrected chi connectivity index (χ4v) is 3.36. The van der Waals surface area contributed by atoms with Crippen LogP contribution in [0, 0.1) is 18.6 Å². The molecule has 156 valence electrons. The van der Waals surface area contributed by atoms with Crippen LogP contribution in [-0.2, 0) is 0 Å². The van der Waals surface area contributed by atoms with E-state index in [1.807, 2.05) is 13.0 Å². The van der Waals surface area contributed by atoms with Gasteiger partial charge in [0.25, 0.3) is 5.91 Å². The van der Waals surface area contributed by atoms with Crippen LogP contribution in [0.3, 0.4) is 0 Å². The second kappa shape index (κ2) is 8.44. The summed E-state index contributed by atoms with van der Waals surface area (Å²) in [7, 11) is 0. The Morgan fingerprint density at radius 2 is 2.00 bits per heavy atom. The number of hydrogen-bond donors (Lipinski definition) is 3. The van der Waals surface area contributed by atoms with Gasteiger partial charge in [-0.2, -0.15) is 10.1 Å². The van der Waals surface area contributed by atoms with Crippen LogP contribution in [0.25, 0.3) is 0 Å². The van der Waals surface area contributed by atoms with Gasteiger partial charge < -0.3 is 15.5 Å². The first-order valence-corrected chi connectivity index (χ1v) is 9.61. The summed E-state index contributed by atoms with van der Waals surface area (Å²) in [5.41, 5.74) is 0.696. The molecule has 2 aromatic heterocycles. The molecule has 3 N–H and O–H groups in total. The molecule has 1 amide bonds. The number of H-pyrrole nitrogens is 1. The van der Waals surface area contributed by atoms with Gasteiger partial charge in [-0.25, -0.2) is 13.8 Å². The van der Waals surface area contributed by atoms with Gasteiger partial charge in [-0.1, -0.05) is 6.07 Å². The van der Waals surface area contributed by atoms with Gasteiger partial charge in [0, 0.05) is 37.1 Å². The predicted octanol–water partition coefficient (Wildman–Crippen LogP) is 3.25. The van der Waals surface area contributed by atoms with Crippen molar-refractivity contribution in [2.75, 3.05) is 23.7 Å². The monoisotopic (exact) mass is 413 g/mol. The van der Waals surface area contributed by atoms with Crippen molar-refractivity contribution in [1.29, 1.82) is 0 Å². The number of halogens is 2. The summed E-state index contributed by atoms with van der Waals surface area (Å²) in [6.45, 7) is 2.76. The van der Waals surface area contributed by atoms with Gasteiger partial charge >= 0.3 is 0 Å². The fourth-order valence-electron chi connectivity index (χ4n) is 3.36. The first-order chi connectivity index (χ1) is 14.5. The summed E-state index contributed by atoms with van der Waals surface area (Å²) >= 11 is 0. The third-order valence-corrected chi connectivity index (χ3v) is 4.92. The number of hydrogen-bond acceptors (Lipinski definition) is 6. The first kappa shape index (κ1) is 19.7. The number of amides is 1. The summed E-state index contributed by atoms with van der Waals surface area (Å²) in [5.74, 6) is -0.891. The smallest absolute Gasteiger partial charge is 0.256 e. The second-order valence-electron chi connectivity index (χ2n) is 7.14. The van der Waals surface area contributed by atoms with Crippen molar-refractivity contribution in [3.8, 4) is 0 Å². The van der Waals surface area contributed by atoms with E-state index in [4.69, 9.17) is 0 Å². The van der Waals surface area contributed by atoms with Gasteiger partial charge in [-0.3, -0.25) is 9.89 Å². The number of carbonyl (C=O) groups is 1. The fraction of sp³-hybridized carbons (Fsp3) is 0.300. The van der Waals surface area contributed by atoms with E-state index in [0.29, 0.717) is 43.5 Å². The van der Waals surface area contributed by atoms with E-state index in [0.717, 1.165) is 11.8 Å². The zero-order valence-electron chi connectivity index (χ0n) is 16.3. The summed E-state index contributed by atoms with van der Waals surface area (Å²) in [6, 6.07) is 7.31. The number of piperidine rings is 1. The Balaban J connectivity index is 1.34. The summed E-state index contributed by atoms with van der Waals surface area (Å²) < 4.78 is 27.3. The maximum Gasteiger partial charge on any atom is 0.256 e. The highest BCUT2D eigenvalue weighted by atomic mass is 19.2. The number of nitrogens with one attached hydrogen (secondary N) is 3. The number of anilines is 3. The van der Waals surface area contributed by atoms with Crippen molar-refractivity contribution < 1.29 is 13.6 Å². The van der Waals surface area contributed by atoms with E-state index in [1.165, 1.54) is 17.0 Å². The Bertz CT molecular complexity index is 1050. The lowest BCUT2D eigenvalue weighted by atomic mass is 10.0. The molecule has 1 fully saturated rings. The van der Waals surface area contributed by atoms with Crippen LogP contribution in [0.1, 0.15) is 28.9 Å². The molecule has 0 unspecified atom stereocenters. The molecule has 1 aromatic carbocycles. The van der Waals surface area contributed by atoms with Crippen LogP contribution in [-0.4, -0.2) is 50.1 Å². The lowest BCUT2D eigenvalue weighted by Crippen LogP contribution is -2.42. The average molecular weight is 413 g/mol. The Labute approximate surface area is 171 Å². The molecule has 1 aliphatic rings. The van der Waals surface area contributed by atoms with Gasteiger partial charge in [-0.15, -0.1) is 0 Å². The molecule has 1 saturated heterocycles. The number of carbonyl (C=O) groups excluding carboxylic acids is 1. The number of aryl methyl sites for hydroxylation is 1. The molecular weight excluding hydrogens is 392 g/mol. The van der Waals surface area contributed by atoms with Crippen LogP contribution >= 0.6 is 0 Å². The molecular formula is C20H21F2N7O. The van der Waals surface area contributed by atoms with Crippen molar-refractivity contribution in [3.05, 3.63) is 59.4 Å². The van der Waals surface area contributed by atoms with Gasteiger partial charge in [0.2, 0.25) is 5.95 Å². The molecule has 0 atom stereocenters. The molecule has 30 heavy (non-hydrogen) atoms. The van der Waals surface area contributed by atoms with E-state index >= 15 is 0 Å². The van der Waals surface area contributed by atoms with Gasteiger partial charge in [0.1, 0.15) is 5.82 Å². The molecule has 1 aliphatic heterocycles. The first-order valence-electron chi connectivity index (χ1n) is 9.61. The van der Waals surface area contributed by atoms with Crippen LogP contribution in [0.2, 0.25) is 0 Å². The molecule has 8 nitrogen and oxygen atoms in total. The summed E-state index contributed by atoms with van der Waals surface area (Å²) in [5, 5.41) is 13.3. The van der Waals surface area contributed by atoms with Gasteiger partial charge in [-0.05, 0) is 38.0 Å². The highest BCUT2D eigenvalue weighted by Gasteiger charge is 2.26. The number of likely N-dealkylation sites (tertiary alicyclic amines) is 1. The van der Waals surface area contributed by atoms with Crippen molar-refractivity contribution in [3.63, 3.8) is 0 Å². The van der Waals surface area contributed by atoms with E-state index in [2.05, 4.69) is 30.8 Å². The van der Waals surface area contributed by atoms with Gasteiger partial charge in [0.05, 0.1) is 5.56 Å². The number of aromatic nitrogens is 4. The highest BCUT2D eigenvalue weighted by molar-refractivity contribution is 5.94. The van der Waals surface area contributed by atoms with Crippen molar-refractivity contribution in [2.24, 2.45) is 0 Å². The Kier molecular flexibility index (Phi) is 5.55. The average Bonchev–Trinajstić information content (AvgIpc) is 3.15. The number of benzene rings is 1. The lowest BCUT2D eigenvalue weighted by Gasteiger charge is -2.32. The largest absolute Gasteiger partial charge is 0.351 e.